The second-order valence-corrected chi connectivity index (χ2v) is 3.75. The van der Waals surface area contributed by atoms with Gasteiger partial charge in [0, 0.05) is 18.4 Å². The maximum Gasteiger partial charge on any atom is 0.287 e. The Kier molecular flexibility index (Phi) is 4.43. The number of nitrogens with one attached hydrogen (secondary N) is 2. The Balaban J connectivity index is 2.93. The van der Waals surface area contributed by atoms with Crippen LogP contribution < -0.4 is 16.4 Å². The molecule has 18 heavy (non-hydrogen) atoms. The maximum atomic E-state index is 12.9. The lowest BCUT2D eigenvalue weighted by Gasteiger charge is -2.17. The molecule has 1 aromatic carbocycles. The topological polar surface area (TPSA) is 87.4 Å². The van der Waals surface area contributed by atoms with Crippen LogP contribution in [0.15, 0.2) is 18.2 Å². The van der Waals surface area contributed by atoms with E-state index in [0.717, 1.165) is 0 Å². The summed E-state index contributed by atoms with van der Waals surface area (Å²) in [4.78, 5) is 11.5. The molecule has 0 heterocycles. The van der Waals surface area contributed by atoms with Crippen molar-refractivity contribution in [3.8, 4) is 0 Å². The number of nitrogen functional groups attached to an aromatic ring is 1. The molecule has 0 saturated heterocycles. The first kappa shape index (κ1) is 14.2. The van der Waals surface area contributed by atoms with E-state index in [-0.39, 0.29) is 11.3 Å². The molecule has 0 unspecified atom stereocenters. The number of hydrogen-bond donors (Lipinski definition) is 4. The molecule has 100 valence electrons. The molecule has 1 amide bonds. The highest BCUT2D eigenvalue weighted by Crippen LogP contribution is 2.21. The first-order valence-corrected chi connectivity index (χ1v) is 5.24. The molecule has 0 aliphatic heterocycles. The molecule has 7 heteroatoms. The van der Waals surface area contributed by atoms with Gasteiger partial charge in [-0.3, -0.25) is 4.79 Å². The number of aliphatic hydroxyl groups excluding tert-OH is 1. The van der Waals surface area contributed by atoms with Gasteiger partial charge in [-0.15, -0.1) is 0 Å². The minimum Gasteiger partial charge on any atom is -0.399 e. The van der Waals surface area contributed by atoms with Gasteiger partial charge in [-0.25, -0.2) is 8.78 Å². The molecular weight excluding hydrogens is 244 g/mol. The summed E-state index contributed by atoms with van der Waals surface area (Å²) in [7, 11) is 1.44. The lowest BCUT2D eigenvalue weighted by Crippen LogP contribution is -2.32. The first-order chi connectivity index (χ1) is 8.39. The van der Waals surface area contributed by atoms with E-state index in [1.807, 2.05) is 0 Å². The number of halogens is 2. The molecule has 0 saturated carbocycles. The SMILES string of the molecule is CNC(=O)c1ccc(N)cc1NCC(F)(F)CO. The number of carbonyl (C=O) groups is 1. The highest BCUT2D eigenvalue weighted by molar-refractivity contribution is 6.00. The molecule has 0 atom stereocenters. The number of alkyl halides is 2. The lowest BCUT2D eigenvalue weighted by atomic mass is 10.1. The maximum absolute atomic E-state index is 12.9. The Morgan fingerprint density at radius 3 is 2.72 bits per heavy atom. The highest BCUT2D eigenvalue weighted by atomic mass is 19.3. The molecule has 0 radical (unpaired) electrons. The third-order valence-electron chi connectivity index (χ3n) is 2.28. The van der Waals surface area contributed by atoms with E-state index in [1.165, 1.54) is 25.2 Å². The number of benzene rings is 1. The summed E-state index contributed by atoms with van der Waals surface area (Å²) < 4.78 is 25.8. The minimum atomic E-state index is -3.26. The third-order valence-corrected chi connectivity index (χ3v) is 2.28. The molecule has 0 spiro atoms. The van der Waals surface area contributed by atoms with Crippen LogP contribution in [0.1, 0.15) is 10.4 Å². The first-order valence-electron chi connectivity index (χ1n) is 5.24. The number of hydrogen-bond acceptors (Lipinski definition) is 4. The quantitative estimate of drug-likeness (QED) is 0.585. The van der Waals surface area contributed by atoms with Crippen molar-refractivity contribution in [2.45, 2.75) is 5.92 Å². The Morgan fingerprint density at radius 1 is 1.50 bits per heavy atom. The van der Waals surface area contributed by atoms with Gasteiger partial charge in [0.05, 0.1) is 12.1 Å². The van der Waals surface area contributed by atoms with Gasteiger partial charge in [0.25, 0.3) is 11.8 Å². The monoisotopic (exact) mass is 259 g/mol. The zero-order chi connectivity index (χ0) is 13.8. The van der Waals surface area contributed by atoms with Crippen molar-refractivity contribution in [3.63, 3.8) is 0 Å². The minimum absolute atomic E-state index is 0.197. The van der Waals surface area contributed by atoms with Crippen molar-refractivity contribution in [1.82, 2.24) is 5.32 Å². The van der Waals surface area contributed by atoms with E-state index in [2.05, 4.69) is 10.6 Å². The van der Waals surface area contributed by atoms with Crippen molar-refractivity contribution in [2.24, 2.45) is 0 Å². The van der Waals surface area contributed by atoms with Crippen LogP contribution in [0.4, 0.5) is 20.2 Å². The molecule has 1 aromatic rings. The highest BCUT2D eigenvalue weighted by Gasteiger charge is 2.27. The van der Waals surface area contributed by atoms with E-state index < -0.39 is 25.0 Å². The summed E-state index contributed by atoms with van der Waals surface area (Å²) in [6.07, 6.45) is 0. The average molecular weight is 259 g/mol. The predicted octanol–water partition coefficient (Wildman–Crippen LogP) is 0.668. The molecule has 0 fully saturated rings. The Hall–Kier alpha value is -1.89. The van der Waals surface area contributed by atoms with Crippen LogP contribution in [-0.4, -0.2) is 37.1 Å². The summed E-state index contributed by atoms with van der Waals surface area (Å²) in [6, 6.07) is 4.32. The summed E-state index contributed by atoms with van der Waals surface area (Å²) in [5.74, 6) is -3.67. The molecule has 0 aliphatic rings. The fraction of sp³-hybridized carbons (Fsp3) is 0.364. The molecule has 0 aromatic heterocycles. The van der Waals surface area contributed by atoms with Crippen LogP contribution in [0, 0.1) is 0 Å². The van der Waals surface area contributed by atoms with Gasteiger partial charge in [0.1, 0.15) is 6.61 Å². The summed E-state index contributed by atoms with van der Waals surface area (Å²) >= 11 is 0. The number of carbonyl (C=O) groups excluding carboxylic acids is 1. The van der Waals surface area contributed by atoms with Crippen LogP contribution in [-0.2, 0) is 0 Å². The van der Waals surface area contributed by atoms with E-state index in [0.29, 0.717) is 5.69 Å². The second-order valence-electron chi connectivity index (χ2n) is 3.75. The van der Waals surface area contributed by atoms with Gasteiger partial charge in [-0.2, -0.15) is 0 Å². The zero-order valence-corrected chi connectivity index (χ0v) is 9.84. The summed E-state index contributed by atoms with van der Waals surface area (Å²) in [6.45, 7) is -2.05. The Morgan fingerprint density at radius 2 is 2.17 bits per heavy atom. The number of nitrogens with two attached hydrogens (primary N) is 1. The predicted molar refractivity (Wildman–Crippen MR) is 64.8 cm³/mol. The van der Waals surface area contributed by atoms with Gasteiger partial charge < -0.3 is 21.5 Å². The molecule has 5 nitrogen and oxygen atoms in total. The van der Waals surface area contributed by atoms with Crippen LogP contribution in [0.2, 0.25) is 0 Å². The number of amides is 1. The van der Waals surface area contributed by atoms with Crippen LogP contribution >= 0.6 is 0 Å². The van der Waals surface area contributed by atoms with Gasteiger partial charge in [0.2, 0.25) is 0 Å². The molecule has 5 N–H and O–H groups in total. The average Bonchev–Trinajstić information content (AvgIpc) is 2.36. The van der Waals surface area contributed by atoms with Crippen LogP contribution in [0.25, 0.3) is 0 Å². The third kappa shape index (κ3) is 3.56. The van der Waals surface area contributed by atoms with Crippen LogP contribution in [0.3, 0.4) is 0 Å². The van der Waals surface area contributed by atoms with Crippen molar-refractivity contribution in [1.29, 1.82) is 0 Å². The van der Waals surface area contributed by atoms with Gasteiger partial charge in [0.15, 0.2) is 0 Å². The van der Waals surface area contributed by atoms with Crippen molar-refractivity contribution in [2.75, 3.05) is 31.2 Å². The van der Waals surface area contributed by atoms with E-state index in [4.69, 9.17) is 10.8 Å². The molecule has 0 aliphatic carbocycles. The number of aliphatic hydroxyl groups is 1. The zero-order valence-electron chi connectivity index (χ0n) is 9.84. The van der Waals surface area contributed by atoms with E-state index in [9.17, 15) is 13.6 Å². The van der Waals surface area contributed by atoms with Gasteiger partial charge in [-0.1, -0.05) is 0 Å². The van der Waals surface area contributed by atoms with Crippen molar-refractivity contribution < 1.29 is 18.7 Å². The smallest absolute Gasteiger partial charge is 0.287 e. The largest absolute Gasteiger partial charge is 0.399 e. The number of rotatable bonds is 5. The van der Waals surface area contributed by atoms with Crippen molar-refractivity contribution in [3.05, 3.63) is 23.8 Å². The van der Waals surface area contributed by atoms with Crippen LogP contribution in [0.5, 0.6) is 0 Å². The Bertz CT molecular complexity index is 438. The second kappa shape index (κ2) is 5.63. The summed E-state index contributed by atoms with van der Waals surface area (Å²) in [5, 5.41) is 13.3. The lowest BCUT2D eigenvalue weighted by molar-refractivity contribution is -0.0372. The standard InChI is InChI=1S/C11H15F2N3O2/c1-15-10(18)8-3-2-7(14)4-9(8)16-5-11(12,13)6-17/h2-4,16-17H,5-6,14H2,1H3,(H,15,18). The summed E-state index contributed by atoms with van der Waals surface area (Å²) in [5.41, 5.74) is 6.28. The van der Waals surface area contributed by atoms with Gasteiger partial charge >= 0.3 is 0 Å². The normalized spacial score (nSPS) is 11.1. The molecule has 0 bridgehead atoms. The fourth-order valence-electron chi connectivity index (χ4n) is 1.32. The van der Waals surface area contributed by atoms with Crippen molar-refractivity contribution >= 4 is 17.3 Å². The Labute approximate surface area is 103 Å². The molecular formula is C11H15F2N3O2. The van der Waals surface area contributed by atoms with Gasteiger partial charge in [-0.05, 0) is 18.2 Å². The molecule has 1 rings (SSSR count). The number of anilines is 2. The fourth-order valence-corrected chi connectivity index (χ4v) is 1.32. The van der Waals surface area contributed by atoms with E-state index in [1.54, 1.807) is 0 Å². The van der Waals surface area contributed by atoms with E-state index >= 15 is 0 Å².